The van der Waals surface area contributed by atoms with E-state index < -0.39 is 0 Å². The monoisotopic (exact) mass is 409 g/mol. The van der Waals surface area contributed by atoms with Crippen LogP contribution < -0.4 is 15.0 Å². The number of hydrogen-bond donors (Lipinski definition) is 1. The molecule has 0 bridgehead atoms. The second kappa shape index (κ2) is 10.5. The van der Waals surface area contributed by atoms with Crippen molar-refractivity contribution < 1.29 is 9.53 Å². The van der Waals surface area contributed by atoms with E-state index >= 15 is 0 Å². The maximum absolute atomic E-state index is 12.6. The molecule has 30 heavy (non-hydrogen) atoms. The normalized spacial score (nSPS) is 15.8. The lowest BCUT2D eigenvalue weighted by atomic mass is 10.00. The molecule has 1 aliphatic heterocycles. The molecule has 1 N–H and O–H groups in total. The number of anilines is 1. The zero-order valence-corrected chi connectivity index (χ0v) is 18.7. The van der Waals surface area contributed by atoms with Crippen LogP contribution in [-0.4, -0.2) is 50.6 Å². The lowest BCUT2D eigenvalue weighted by Crippen LogP contribution is -2.49. The highest BCUT2D eigenvalue weighted by Crippen LogP contribution is 2.22. The molecule has 0 aromatic heterocycles. The first-order valence-corrected chi connectivity index (χ1v) is 10.9. The highest BCUT2D eigenvalue weighted by molar-refractivity contribution is 5.78. The second-order valence-electron chi connectivity index (χ2n) is 8.59. The fourth-order valence-corrected chi connectivity index (χ4v) is 3.96. The van der Waals surface area contributed by atoms with Crippen molar-refractivity contribution in [3.05, 3.63) is 59.7 Å². The second-order valence-corrected chi connectivity index (χ2v) is 8.59. The summed E-state index contributed by atoms with van der Waals surface area (Å²) in [6.45, 7) is 10.5. The minimum absolute atomic E-state index is 0.0173. The van der Waals surface area contributed by atoms with Gasteiger partial charge in [0.15, 0.2) is 0 Å². The Bertz CT molecular complexity index is 811. The quantitative estimate of drug-likeness (QED) is 0.718. The van der Waals surface area contributed by atoms with Crippen LogP contribution in [0.1, 0.15) is 37.9 Å². The molecule has 1 saturated heterocycles. The zero-order valence-electron chi connectivity index (χ0n) is 18.7. The first kappa shape index (κ1) is 22.2. The Labute approximate surface area is 181 Å². The molecule has 2 aromatic carbocycles. The summed E-state index contributed by atoms with van der Waals surface area (Å²) in [5.41, 5.74) is 3.67. The van der Waals surface area contributed by atoms with Gasteiger partial charge in [0, 0.05) is 37.9 Å². The number of benzene rings is 2. The third kappa shape index (κ3) is 6.23. The SMILES string of the molecule is COc1cccc(N2CCN(CC(=O)N[C@H](C)c3ccc(CC(C)C)cc3)CC2)c1. The number of piperazine rings is 1. The molecule has 2 aromatic rings. The van der Waals surface area contributed by atoms with Gasteiger partial charge in [-0.3, -0.25) is 9.69 Å². The van der Waals surface area contributed by atoms with Crippen LogP contribution in [0.3, 0.4) is 0 Å². The number of ether oxygens (including phenoxy) is 1. The number of nitrogens with zero attached hydrogens (tertiary/aromatic N) is 2. The van der Waals surface area contributed by atoms with Crippen LogP contribution in [0.15, 0.2) is 48.5 Å². The summed E-state index contributed by atoms with van der Waals surface area (Å²) < 4.78 is 5.33. The summed E-state index contributed by atoms with van der Waals surface area (Å²) in [5.74, 6) is 1.61. The fraction of sp³-hybridized carbons (Fsp3) is 0.480. The number of hydrogen-bond acceptors (Lipinski definition) is 4. The predicted octanol–water partition coefficient (Wildman–Crippen LogP) is 3.89. The van der Waals surface area contributed by atoms with E-state index in [-0.39, 0.29) is 11.9 Å². The standard InChI is InChI=1S/C25H35N3O2/c1-19(2)16-21-8-10-22(11-9-21)20(3)26-25(29)18-27-12-14-28(15-13-27)23-6-5-7-24(17-23)30-4/h5-11,17,19-20H,12-16,18H2,1-4H3,(H,26,29)/t20-/m1/s1. The molecule has 0 spiro atoms. The number of methoxy groups -OCH3 is 1. The molecular formula is C25H35N3O2. The maximum atomic E-state index is 12.6. The molecule has 0 radical (unpaired) electrons. The van der Waals surface area contributed by atoms with E-state index in [4.69, 9.17) is 4.74 Å². The number of carbonyl (C=O) groups excluding carboxylic acids is 1. The molecule has 1 heterocycles. The Kier molecular flexibility index (Phi) is 7.75. The van der Waals surface area contributed by atoms with Gasteiger partial charge in [-0.15, -0.1) is 0 Å². The van der Waals surface area contributed by atoms with Crippen molar-refractivity contribution in [2.75, 3.05) is 44.7 Å². The van der Waals surface area contributed by atoms with Gasteiger partial charge >= 0.3 is 0 Å². The molecule has 1 atom stereocenters. The van der Waals surface area contributed by atoms with Crippen molar-refractivity contribution in [2.24, 2.45) is 5.92 Å². The van der Waals surface area contributed by atoms with Crippen LogP contribution in [0.25, 0.3) is 0 Å². The molecule has 5 nitrogen and oxygen atoms in total. The van der Waals surface area contributed by atoms with E-state index in [9.17, 15) is 4.79 Å². The number of rotatable bonds is 8. The average molecular weight is 410 g/mol. The van der Waals surface area contributed by atoms with Crippen molar-refractivity contribution in [2.45, 2.75) is 33.2 Å². The summed E-state index contributed by atoms with van der Waals surface area (Å²) in [7, 11) is 1.69. The van der Waals surface area contributed by atoms with E-state index in [0.29, 0.717) is 12.5 Å². The highest BCUT2D eigenvalue weighted by Gasteiger charge is 2.20. The minimum atomic E-state index is 0.0173. The van der Waals surface area contributed by atoms with Crippen LogP contribution in [0.5, 0.6) is 5.75 Å². The van der Waals surface area contributed by atoms with Crippen LogP contribution in [-0.2, 0) is 11.2 Å². The Morgan fingerprint density at radius 1 is 1.03 bits per heavy atom. The van der Waals surface area contributed by atoms with Crippen LogP contribution in [0.4, 0.5) is 5.69 Å². The smallest absolute Gasteiger partial charge is 0.234 e. The molecular weight excluding hydrogens is 374 g/mol. The van der Waals surface area contributed by atoms with Crippen molar-refractivity contribution in [1.82, 2.24) is 10.2 Å². The van der Waals surface area contributed by atoms with Gasteiger partial charge in [0.25, 0.3) is 0 Å². The van der Waals surface area contributed by atoms with Crippen LogP contribution in [0, 0.1) is 5.92 Å². The highest BCUT2D eigenvalue weighted by atomic mass is 16.5. The Morgan fingerprint density at radius 2 is 1.73 bits per heavy atom. The van der Waals surface area contributed by atoms with E-state index in [1.54, 1.807) is 7.11 Å². The van der Waals surface area contributed by atoms with Crippen molar-refractivity contribution in [3.63, 3.8) is 0 Å². The molecule has 162 valence electrons. The van der Waals surface area contributed by atoms with Gasteiger partial charge in [-0.25, -0.2) is 0 Å². The Morgan fingerprint density at radius 3 is 2.37 bits per heavy atom. The summed E-state index contributed by atoms with van der Waals surface area (Å²) in [6.07, 6.45) is 1.09. The number of carbonyl (C=O) groups is 1. The number of nitrogens with one attached hydrogen (secondary N) is 1. The van der Waals surface area contributed by atoms with Gasteiger partial charge in [-0.05, 0) is 42.5 Å². The molecule has 1 fully saturated rings. The molecule has 1 aliphatic rings. The topological polar surface area (TPSA) is 44.8 Å². The molecule has 0 unspecified atom stereocenters. The fourth-order valence-electron chi connectivity index (χ4n) is 3.96. The third-order valence-electron chi connectivity index (χ3n) is 5.66. The lowest BCUT2D eigenvalue weighted by molar-refractivity contribution is -0.123. The van der Waals surface area contributed by atoms with Crippen LogP contribution >= 0.6 is 0 Å². The summed E-state index contributed by atoms with van der Waals surface area (Å²) in [4.78, 5) is 17.1. The van der Waals surface area contributed by atoms with Crippen LogP contribution in [0.2, 0.25) is 0 Å². The Balaban J connectivity index is 1.45. The summed E-state index contributed by atoms with van der Waals surface area (Å²) >= 11 is 0. The maximum Gasteiger partial charge on any atom is 0.234 e. The Hall–Kier alpha value is -2.53. The third-order valence-corrected chi connectivity index (χ3v) is 5.66. The largest absolute Gasteiger partial charge is 0.497 e. The van der Waals surface area contributed by atoms with Gasteiger partial charge in [0.2, 0.25) is 5.91 Å². The minimum Gasteiger partial charge on any atom is -0.497 e. The van der Waals surface area contributed by atoms with Gasteiger partial charge in [-0.1, -0.05) is 44.2 Å². The van der Waals surface area contributed by atoms with E-state index in [2.05, 4.69) is 72.3 Å². The average Bonchev–Trinajstić information content (AvgIpc) is 2.74. The summed E-state index contributed by atoms with van der Waals surface area (Å²) in [5, 5.41) is 3.15. The van der Waals surface area contributed by atoms with E-state index in [0.717, 1.165) is 43.9 Å². The lowest BCUT2D eigenvalue weighted by Gasteiger charge is -2.36. The van der Waals surface area contributed by atoms with Crippen molar-refractivity contribution in [3.8, 4) is 5.75 Å². The zero-order chi connectivity index (χ0) is 21.5. The van der Waals surface area contributed by atoms with Gasteiger partial charge in [-0.2, -0.15) is 0 Å². The molecule has 0 aliphatic carbocycles. The molecule has 1 amide bonds. The van der Waals surface area contributed by atoms with Gasteiger partial charge in [0.05, 0.1) is 19.7 Å². The van der Waals surface area contributed by atoms with Crippen molar-refractivity contribution >= 4 is 11.6 Å². The molecule has 0 saturated carbocycles. The molecule has 5 heteroatoms. The first-order valence-electron chi connectivity index (χ1n) is 10.9. The van der Waals surface area contributed by atoms with Gasteiger partial charge in [0.1, 0.15) is 5.75 Å². The predicted molar refractivity (Wildman–Crippen MR) is 123 cm³/mol. The number of amides is 1. The first-order chi connectivity index (χ1) is 14.4. The molecule has 3 rings (SSSR count). The van der Waals surface area contributed by atoms with E-state index in [1.165, 1.54) is 11.3 Å². The van der Waals surface area contributed by atoms with E-state index in [1.807, 2.05) is 12.1 Å². The van der Waals surface area contributed by atoms with Gasteiger partial charge < -0.3 is 15.0 Å². The van der Waals surface area contributed by atoms with Crippen molar-refractivity contribution in [1.29, 1.82) is 0 Å². The summed E-state index contributed by atoms with van der Waals surface area (Å²) in [6, 6.07) is 16.8.